The highest BCUT2D eigenvalue weighted by atomic mass is 19.1. The second-order valence-corrected chi connectivity index (χ2v) is 7.16. The lowest BCUT2D eigenvalue weighted by atomic mass is 10.1. The second-order valence-electron chi connectivity index (χ2n) is 7.16. The Bertz CT molecular complexity index is 842. The molecule has 2 aromatic carbocycles. The van der Waals surface area contributed by atoms with Crippen molar-refractivity contribution in [1.82, 2.24) is 10.2 Å². The van der Waals surface area contributed by atoms with Gasteiger partial charge in [0.15, 0.2) is 18.1 Å². The number of ether oxygens (including phenoxy) is 2. The quantitative estimate of drug-likeness (QED) is 0.518. The van der Waals surface area contributed by atoms with Crippen molar-refractivity contribution >= 4 is 11.8 Å². The lowest BCUT2D eigenvalue weighted by molar-refractivity contribution is -0.143. The lowest BCUT2D eigenvalue weighted by Gasteiger charge is -2.30. The first-order chi connectivity index (χ1) is 15.0. The fourth-order valence-electron chi connectivity index (χ4n) is 3.17. The monoisotopic (exact) mass is 430 g/mol. The average molecular weight is 431 g/mol. The van der Waals surface area contributed by atoms with Crippen molar-refractivity contribution in [2.45, 2.75) is 45.7 Å². The number of nitrogens with one attached hydrogen (secondary N) is 1. The van der Waals surface area contributed by atoms with E-state index in [1.54, 1.807) is 30.3 Å². The van der Waals surface area contributed by atoms with Gasteiger partial charge in [0.05, 0.1) is 7.11 Å². The molecule has 2 aromatic rings. The normalized spacial score (nSPS) is 11.5. The molecule has 1 atom stereocenters. The first-order valence-electron chi connectivity index (χ1n) is 10.6. The maximum atomic E-state index is 13.3. The standard InChI is InChI=1S/C24H31FN2O4/c1-4-6-15-26-24(29)20(5-2)27(16-18-11-13-19(25)14-12-18)23(28)17-31-22-10-8-7-9-21(22)30-3/h7-14,20H,4-6,15-17H2,1-3H3,(H,26,29). The Kier molecular flexibility index (Phi) is 9.81. The van der Waals surface area contributed by atoms with Gasteiger partial charge in [-0.25, -0.2) is 4.39 Å². The molecule has 0 fully saturated rings. The molecule has 1 N–H and O–H groups in total. The summed E-state index contributed by atoms with van der Waals surface area (Å²) in [5, 5.41) is 2.90. The first kappa shape index (κ1) is 24.2. The number of unbranched alkanes of at least 4 members (excludes halogenated alkanes) is 1. The number of carbonyl (C=O) groups excluding carboxylic acids is 2. The van der Waals surface area contributed by atoms with Crippen LogP contribution in [0.4, 0.5) is 4.39 Å². The largest absolute Gasteiger partial charge is 0.493 e. The highest BCUT2D eigenvalue weighted by Gasteiger charge is 2.29. The number of nitrogens with zero attached hydrogens (tertiary/aromatic N) is 1. The molecule has 168 valence electrons. The zero-order chi connectivity index (χ0) is 22.6. The summed E-state index contributed by atoms with van der Waals surface area (Å²) in [5.41, 5.74) is 0.729. The molecule has 31 heavy (non-hydrogen) atoms. The molecule has 2 rings (SSSR count). The summed E-state index contributed by atoms with van der Waals surface area (Å²) in [6.45, 7) is 4.38. The lowest BCUT2D eigenvalue weighted by Crippen LogP contribution is -2.50. The minimum atomic E-state index is -0.657. The number of carbonyl (C=O) groups is 2. The van der Waals surface area contributed by atoms with Crippen molar-refractivity contribution < 1.29 is 23.5 Å². The number of rotatable bonds is 12. The summed E-state index contributed by atoms with van der Waals surface area (Å²) in [7, 11) is 1.53. The topological polar surface area (TPSA) is 67.9 Å². The fraction of sp³-hybridized carbons (Fsp3) is 0.417. The van der Waals surface area contributed by atoms with Crippen LogP contribution in [0.2, 0.25) is 0 Å². The third kappa shape index (κ3) is 7.27. The highest BCUT2D eigenvalue weighted by molar-refractivity contribution is 5.88. The van der Waals surface area contributed by atoms with Crippen molar-refractivity contribution in [2.75, 3.05) is 20.3 Å². The minimum absolute atomic E-state index is 0.175. The van der Waals surface area contributed by atoms with E-state index in [1.165, 1.54) is 24.1 Å². The first-order valence-corrected chi connectivity index (χ1v) is 10.6. The van der Waals surface area contributed by atoms with Gasteiger partial charge < -0.3 is 19.7 Å². The van der Waals surface area contributed by atoms with Gasteiger partial charge >= 0.3 is 0 Å². The molecule has 0 saturated heterocycles. The van der Waals surface area contributed by atoms with Gasteiger partial charge in [-0.2, -0.15) is 0 Å². The number of halogens is 1. The second kappa shape index (κ2) is 12.6. The highest BCUT2D eigenvalue weighted by Crippen LogP contribution is 2.26. The van der Waals surface area contributed by atoms with E-state index in [4.69, 9.17) is 9.47 Å². The number of benzene rings is 2. The van der Waals surface area contributed by atoms with Crippen LogP contribution < -0.4 is 14.8 Å². The third-order valence-electron chi connectivity index (χ3n) is 4.90. The summed E-state index contributed by atoms with van der Waals surface area (Å²) < 4.78 is 24.3. The van der Waals surface area contributed by atoms with E-state index in [2.05, 4.69) is 5.32 Å². The molecular weight excluding hydrogens is 399 g/mol. The van der Waals surface area contributed by atoms with Crippen LogP contribution in [0, 0.1) is 5.82 Å². The van der Waals surface area contributed by atoms with Crippen LogP contribution in [0.1, 0.15) is 38.7 Å². The molecule has 0 aliphatic heterocycles. The van der Waals surface area contributed by atoms with Crippen LogP contribution in [-0.2, 0) is 16.1 Å². The summed E-state index contributed by atoms with van der Waals surface area (Å²) in [6.07, 6.45) is 2.27. The number of hydrogen-bond donors (Lipinski definition) is 1. The Hall–Kier alpha value is -3.09. The SMILES string of the molecule is CCCCNC(=O)C(CC)N(Cc1ccc(F)cc1)C(=O)COc1ccccc1OC. The summed E-state index contributed by atoms with van der Waals surface area (Å²) in [5.74, 6) is 0.0622. The molecule has 1 unspecified atom stereocenters. The van der Waals surface area contributed by atoms with Crippen LogP contribution in [0.5, 0.6) is 11.5 Å². The maximum Gasteiger partial charge on any atom is 0.261 e. The average Bonchev–Trinajstić information content (AvgIpc) is 2.79. The van der Waals surface area contributed by atoms with Gasteiger partial charge in [-0.15, -0.1) is 0 Å². The number of methoxy groups -OCH3 is 1. The number of hydrogen-bond acceptors (Lipinski definition) is 4. The van der Waals surface area contributed by atoms with E-state index in [1.807, 2.05) is 19.9 Å². The molecule has 0 saturated carbocycles. The van der Waals surface area contributed by atoms with Gasteiger partial charge in [-0.3, -0.25) is 9.59 Å². The molecule has 0 aliphatic rings. The zero-order valence-corrected chi connectivity index (χ0v) is 18.4. The van der Waals surface area contributed by atoms with Crippen molar-refractivity contribution in [3.8, 4) is 11.5 Å². The Morgan fingerprint density at radius 3 is 2.35 bits per heavy atom. The third-order valence-corrected chi connectivity index (χ3v) is 4.90. The Balaban J connectivity index is 2.19. The van der Waals surface area contributed by atoms with E-state index in [0.29, 0.717) is 24.5 Å². The Morgan fingerprint density at radius 2 is 1.74 bits per heavy atom. The minimum Gasteiger partial charge on any atom is -0.493 e. The zero-order valence-electron chi connectivity index (χ0n) is 18.4. The van der Waals surface area contributed by atoms with E-state index in [0.717, 1.165) is 18.4 Å². The van der Waals surface area contributed by atoms with Gasteiger partial charge in [-0.05, 0) is 42.7 Å². The molecule has 0 radical (unpaired) electrons. The predicted octanol–water partition coefficient (Wildman–Crippen LogP) is 3.94. The predicted molar refractivity (Wildman–Crippen MR) is 117 cm³/mol. The maximum absolute atomic E-state index is 13.3. The summed E-state index contributed by atoms with van der Waals surface area (Å²) in [6, 6.07) is 12.3. The van der Waals surface area contributed by atoms with Gasteiger partial charge in [0.2, 0.25) is 5.91 Å². The van der Waals surface area contributed by atoms with Crippen LogP contribution in [0.25, 0.3) is 0 Å². The summed E-state index contributed by atoms with van der Waals surface area (Å²) in [4.78, 5) is 27.4. The van der Waals surface area contributed by atoms with E-state index >= 15 is 0 Å². The van der Waals surface area contributed by atoms with Crippen molar-refractivity contribution in [3.63, 3.8) is 0 Å². The molecule has 0 bridgehead atoms. The molecule has 0 spiro atoms. The van der Waals surface area contributed by atoms with E-state index < -0.39 is 6.04 Å². The van der Waals surface area contributed by atoms with Crippen LogP contribution >= 0.6 is 0 Å². The van der Waals surface area contributed by atoms with Crippen LogP contribution in [0.15, 0.2) is 48.5 Å². The number of para-hydroxylation sites is 2. The molecule has 6 nitrogen and oxygen atoms in total. The van der Waals surface area contributed by atoms with Crippen molar-refractivity contribution in [3.05, 3.63) is 59.9 Å². The smallest absolute Gasteiger partial charge is 0.261 e. The Labute approximate surface area is 183 Å². The van der Waals surface area contributed by atoms with Crippen molar-refractivity contribution in [2.24, 2.45) is 0 Å². The molecule has 0 aromatic heterocycles. The van der Waals surface area contributed by atoms with Crippen molar-refractivity contribution in [1.29, 1.82) is 0 Å². The molecular formula is C24H31FN2O4. The van der Waals surface area contributed by atoms with Gasteiger partial charge in [0.25, 0.3) is 5.91 Å². The number of amides is 2. The van der Waals surface area contributed by atoms with Gasteiger partial charge in [-0.1, -0.05) is 44.5 Å². The molecule has 0 heterocycles. The molecule has 0 aliphatic carbocycles. The fourth-order valence-corrected chi connectivity index (χ4v) is 3.17. The molecule has 2 amide bonds. The summed E-state index contributed by atoms with van der Waals surface area (Å²) >= 11 is 0. The van der Waals surface area contributed by atoms with E-state index in [-0.39, 0.29) is 30.8 Å². The van der Waals surface area contributed by atoms with Gasteiger partial charge in [0, 0.05) is 13.1 Å². The van der Waals surface area contributed by atoms with Crippen LogP contribution in [-0.4, -0.2) is 43.0 Å². The van der Waals surface area contributed by atoms with Gasteiger partial charge in [0.1, 0.15) is 11.9 Å². The van der Waals surface area contributed by atoms with E-state index in [9.17, 15) is 14.0 Å². The van der Waals surface area contributed by atoms with Crippen LogP contribution in [0.3, 0.4) is 0 Å². The Morgan fingerprint density at radius 1 is 1.06 bits per heavy atom. The molecule has 7 heteroatoms.